The molecule has 1 aromatic heterocycles. The molecule has 7 nitrogen and oxygen atoms in total. The Kier molecular flexibility index (Phi) is 5.91. The van der Waals surface area contributed by atoms with Crippen molar-refractivity contribution in [3.63, 3.8) is 0 Å². The van der Waals surface area contributed by atoms with Crippen LogP contribution in [0.3, 0.4) is 0 Å². The van der Waals surface area contributed by atoms with Crippen molar-refractivity contribution in [2.45, 2.75) is 13.0 Å². The highest BCUT2D eigenvalue weighted by molar-refractivity contribution is 6.31. The van der Waals surface area contributed by atoms with Crippen molar-refractivity contribution < 1.29 is 9.47 Å². The quantitative estimate of drug-likeness (QED) is 0.589. The molecule has 114 valence electrons. The summed E-state index contributed by atoms with van der Waals surface area (Å²) in [7, 11) is 1.65. The van der Waals surface area contributed by atoms with Gasteiger partial charge in [0.05, 0.1) is 13.2 Å². The number of ether oxygens (including phenoxy) is 2. The van der Waals surface area contributed by atoms with Gasteiger partial charge in [-0.05, 0) is 35.0 Å². The molecule has 0 atom stereocenters. The van der Waals surface area contributed by atoms with Gasteiger partial charge in [-0.1, -0.05) is 11.6 Å². The molecule has 1 aromatic carbocycles. The number of aryl methyl sites for hydroxylation is 1. The average Bonchev–Trinajstić information content (AvgIpc) is 2.90. The number of nitrogens with two attached hydrogens (primary N) is 1. The van der Waals surface area contributed by atoms with Gasteiger partial charge in [0.15, 0.2) is 5.82 Å². The van der Waals surface area contributed by atoms with Gasteiger partial charge in [0.2, 0.25) is 0 Å². The number of tetrazole rings is 1. The minimum atomic E-state index is 0.558. The van der Waals surface area contributed by atoms with E-state index in [0.717, 1.165) is 12.0 Å². The van der Waals surface area contributed by atoms with Gasteiger partial charge < -0.3 is 15.2 Å². The number of hydrogen-bond donors (Lipinski definition) is 1. The third-order valence-electron chi connectivity index (χ3n) is 2.80. The molecule has 0 aliphatic carbocycles. The topological polar surface area (TPSA) is 88.1 Å². The Morgan fingerprint density at radius 3 is 2.86 bits per heavy atom. The monoisotopic (exact) mass is 311 g/mol. The number of anilines is 1. The van der Waals surface area contributed by atoms with Crippen LogP contribution >= 0.6 is 11.6 Å². The molecule has 1 heterocycles. The van der Waals surface area contributed by atoms with Gasteiger partial charge in [-0.15, -0.1) is 5.10 Å². The van der Waals surface area contributed by atoms with E-state index in [1.165, 1.54) is 0 Å². The van der Waals surface area contributed by atoms with Crippen LogP contribution in [0, 0.1) is 0 Å². The fraction of sp³-hybridized carbons (Fsp3) is 0.462. The second kappa shape index (κ2) is 7.92. The standard InChI is InChI=1S/C13H18ClN5O2/c1-20-5-6-21-4-2-3-19-13(16-17-18-19)10-7-11(14)9-12(15)8-10/h7-9H,2-6,15H2,1H3. The number of nitrogen functional groups attached to an aromatic ring is 1. The molecule has 0 saturated carbocycles. The molecule has 0 aliphatic heterocycles. The number of halogens is 1. The summed E-state index contributed by atoms with van der Waals surface area (Å²) in [6.45, 7) is 2.46. The Morgan fingerprint density at radius 2 is 2.10 bits per heavy atom. The van der Waals surface area contributed by atoms with E-state index in [1.54, 1.807) is 30.0 Å². The minimum Gasteiger partial charge on any atom is -0.399 e. The van der Waals surface area contributed by atoms with E-state index in [2.05, 4.69) is 15.5 Å². The number of hydrogen-bond acceptors (Lipinski definition) is 6. The van der Waals surface area contributed by atoms with Crippen LogP contribution in [-0.4, -0.2) is 47.1 Å². The van der Waals surface area contributed by atoms with Crippen LogP contribution in [0.2, 0.25) is 5.02 Å². The van der Waals surface area contributed by atoms with Crippen LogP contribution in [0.4, 0.5) is 5.69 Å². The zero-order valence-electron chi connectivity index (χ0n) is 11.8. The van der Waals surface area contributed by atoms with Gasteiger partial charge >= 0.3 is 0 Å². The Bertz CT molecular complexity index is 555. The molecular formula is C13H18ClN5O2. The first kappa shape index (κ1) is 15.7. The summed E-state index contributed by atoms with van der Waals surface area (Å²) in [4.78, 5) is 0. The average molecular weight is 312 g/mol. The molecule has 0 spiro atoms. The van der Waals surface area contributed by atoms with Gasteiger partial charge in [0, 0.05) is 36.5 Å². The molecule has 0 radical (unpaired) electrons. The molecule has 2 aromatic rings. The van der Waals surface area contributed by atoms with Crippen LogP contribution in [-0.2, 0) is 16.0 Å². The third kappa shape index (κ3) is 4.66. The highest BCUT2D eigenvalue weighted by Gasteiger charge is 2.10. The van der Waals surface area contributed by atoms with E-state index in [1.807, 2.05) is 0 Å². The van der Waals surface area contributed by atoms with Crippen molar-refractivity contribution >= 4 is 17.3 Å². The van der Waals surface area contributed by atoms with E-state index in [-0.39, 0.29) is 0 Å². The lowest BCUT2D eigenvalue weighted by molar-refractivity contribution is 0.0677. The summed E-state index contributed by atoms with van der Waals surface area (Å²) >= 11 is 6.00. The maximum absolute atomic E-state index is 6.00. The Hall–Kier alpha value is -1.70. The van der Waals surface area contributed by atoms with E-state index in [0.29, 0.717) is 42.9 Å². The zero-order chi connectivity index (χ0) is 15.1. The number of nitrogens with zero attached hydrogens (tertiary/aromatic N) is 4. The highest BCUT2D eigenvalue weighted by atomic mass is 35.5. The SMILES string of the molecule is COCCOCCCn1nnnc1-c1cc(N)cc(Cl)c1. The van der Waals surface area contributed by atoms with E-state index in [9.17, 15) is 0 Å². The van der Waals surface area contributed by atoms with Crippen molar-refractivity contribution in [3.8, 4) is 11.4 Å². The number of aromatic nitrogens is 4. The summed E-state index contributed by atoms with van der Waals surface area (Å²) in [6, 6.07) is 5.27. The molecule has 2 N–H and O–H groups in total. The van der Waals surface area contributed by atoms with Crippen molar-refractivity contribution in [1.29, 1.82) is 0 Å². The molecular weight excluding hydrogens is 294 g/mol. The summed E-state index contributed by atoms with van der Waals surface area (Å²) in [5, 5.41) is 12.3. The van der Waals surface area contributed by atoms with E-state index in [4.69, 9.17) is 26.8 Å². The number of methoxy groups -OCH3 is 1. The molecule has 0 unspecified atom stereocenters. The number of benzene rings is 1. The van der Waals surface area contributed by atoms with Crippen LogP contribution in [0.15, 0.2) is 18.2 Å². The first-order chi connectivity index (χ1) is 10.2. The predicted molar refractivity (Wildman–Crippen MR) is 80.0 cm³/mol. The Morgan fingerprint density at radius 1 is 1.24 bits per heavy atom. The van der Waals surface area contributed by atoms with Crippen LogP contribution in [0.1, 0.15) is 6.42 Å². The second-order valence-corrected chi connectivity index (χ2v) is 4.89. The molecule has 0 bridgehead atoms. The lowest BCUT2D eigenvalue weighted by Gasteiger charge is -2.06. The van der Waals surface area contributed by atoms with Gasteiger partial charge in [0.25, 0.3) is 0 Å². The third-order valence-corrected chi connectivity index (χ3v) is 3.02. The van der Waals surface area contributed by atoms with Crippen LogP contribution in [0.5, 0.6) is 0 Å². The second-order valence-electron chi connectivity index (χ2n) is 4.46. The lowest BCUT2D eigenvalue weighted by Crippen LogP contribution is -2.08. The normalized spacial score (nSPS) is 11.0. The maximum Gasteiger partial charge on any atom is 0.182 e. The predicted octanol–water partition coefficient (Wildman–Crippen LogP) is 1.63. The Balaban J connectivity index is 1.95. The van der Waals surface area contributed by atoms with Crippen molar-refractivity contribution in [2.24, 2.45) is 0 Å². The first-order valence-electron chi connectivity index (χ1n) is 6.60. The summed E-state index contributed by atoms with van der Waals surface area (Å²) in [5.41, 5.74) is 7.16. The van der Waals surface area contributed by atoms with Crippen molar-refractivity contribution in [2.75, 3.05) is 32.7 Å². The molecule has 0 saturated heterocycles. The summed E-state index contributed by atoms with van der Waals surface area (Å²) < 4.78 is 12.0. The fourth-order valence-electron chi connectivity index (χ4n) is 1.86. The van der Waals surface area contributed by atoms with Gasteiger partial charge in [-0.25, -0.2) is 4.68 Å². The molecule has 2 rings (SSSR count). The minimum absolute atomic E-state index is 0.558. The molecule has 0 fully saturated rings. The van der Waals surface area contributed by atoms with Crippen molar-refractivity contribution in [3.05, 3.63) is 23.2 Å². The summed E-state index contributed by atoms with van der Waals surface area (Å²) in [5.74, 6) is 0.640. The highest BCUT2D eigenvalue weighted by Crippen LogP contribution is 2.24. The molecule has 0 amide bonds. The Labute approximate surface area is 128 Å². The van der Waals surface area contributed by atoms with E-state index < -0.39 is 0 Å². The van der Waals surface area contributed by atoms with Gasteiger partial charge in [0.1, 0.15) is 0 Å². The molecule has 21 heavy (non-hydrogen) atoms. The lowest BCUT2D eigenvalue weighted by atomic mass is 10.2. The first-order valence-corrected chi connectivity index (χ1v) is 6.98. The smallest absolute Gasteiger partial charge is 0.182 e. The van der Waals surface area contributed by atoms with E-state index >= 15 is 0 Å². The summed E-state index contributed by atoms with van der Waals surface area (Å²) in [6.07, 6.45) is 0.803. The molecule has 0 aliphatic rings. The van der Waals surface area contributed by atoms with Crippen molar-refractivity contribution in [1.82, 2.24) is 20.2 Å². The van der Waals surface area contributed by atoms with Crippen LogP contribution in [0.25, 0.3) is 11.4 Å². The van der Waals surface area contributed by atoms with Crippen LogP contribution < -0.4 is 5.73 Å². The molecule has 8 heteroatoms. The number of rotatable bonds is 8. The zero-order valence-corrected chi connectivity index (χ0v) is 12.6. The maximum atomic E-state index is 6.00. The van der Waals surface area contributed by atoms with Gasteiger partial charge in [-0.2, -0.15) is 0 Å². The fourth-order valence-corrected chi connectivity index (χ4v) is 2.11. The van der Waals surface area contributed by atoms with Gasteiger partial charge in [-0.3, -0.25) is 0 Å². The largest absolute Gasteiger partial charge is 0.399 e.